The molecule has 0 saturated carbocycles. The highest BCUT2D eigenvalue weighted by Gasteiger charge is 2.30. The summed E-state index contributed by atoms with van der Waals surface area (Å²) in [6.45, 7) is 2.28. The molecule has 27 heavy (non-hydrogen) atoms. The van der Waals surface area contributed by atoms with E-state index in [2.05, 4.69) is 0 Å². The van der Waals surface area contributed by atoms with Gasteiger partial charge in [-0.2, -0.15) is 4.31 Å². The number of sulfonamides is 1. The Hall–Kier alpha value is -2.71. The first-order valence-corrected chi connectivity index (χ1v) is 9.95. The van der Waals surface area contributed by atoms with Gasteiger partial charge in [0.2, 0.25) is 10.0 Å². The maximum Gasteiger partial charge on any atom is 0.415 e. The van der Waals surface area contributed by atoms with Crippen LogP contribution in [0.4, 0.5) is 4.79 Å². The lowest BCUT2D eigenvalue weighted by Gasteiger charge is -2.33. The second kappa shape index (κ2) is 7.89. The summed E-state index contributed by atoms with van der Waals surface area (Å²) < 4.78 is 32.1. The van der Waals surface area contributed by atoms with E-state index in [9.17, 15) is 18.0 Å². The Bertz CT molecular complexity index is 918. The Morgan fingerprint density at radius 1 is 0.889 bits per heavy atom. The summed E-state index contributed by atoms with van der Waals surface area (Å²) in [5.74, 6) is 0.326. The van der Waals surface area contributed by atoms with Crippen LogP contribution in [0, 0.1) is 0 Å². The molecule has 2 aromatic rings. The molecule has 8 heteroatoms. The molecule has 0 aliphatic carbocycles. The van der Waals surface area contributed by atoms with Gasteiger partial charge in [-0.05, 0) is 31.2 Å². The maximum atomic E-state index is 12.7. The highest BCUT2D eigenvalue weighted by Crippen LogP contribution is 2.19. The summed E-state index contributed by atoms with van der Waals surface area (Å²) in [6, 6.07) is 14.6. The third-order valence-electron chi connectivity index (χ3n) is 4.34. The number of rotatable bonds is 4. The second-order valence-electron chi connectivity index (χ2n) is 6.15. The molecule has 0 N–H and O–H groups in total. The minimum Gasteiger partial charge on any atom is -0.410 e. The van der Waals surface area contributed by atoms with E-state index in [4.69, 9.17) is 4.74 Å². The number of carbonyl (C=O) groups is 2. The summed E-state index contributed by atoms with van der Waals surface area (Å²) >= 11 is 0. The smallest absolute Gasteiger partial charge is 0.410 e. The van der Waals surface area contributed by atoms with Crippen LogP contribution in [0.2, 0.25) is 0 Å². The lowest BCUT2D eigenvalue weighted by Crippen LogP contribution is -2.51. The Balaban J connectivity index is 1.62. The molecular formula is C19H20N2O5S. The normalized spacial score (nSPS) is 15.4. The Morgan fingerprint density at radius 2 is 1.48 bits per heavy atom. The first-order chi connectivity index (χ1) is 12.9. The Labute approximate surface area is 158 Å². The van der Waals surface area contributed by atoms with E-state index < -0.39 is 16.1 Å². The number of hydrogen-bond donors (Lipinski definition) is 0. The lowest BCUT2D eigenvalue weighted by molar-refractivity contribution is 0.101. The van der Waals surface area contributed by atoms with Crippen LogP contribution in [0.5, 0.6) is 5.75 Å². The predicted molar refractivity (Wildman–Crippen MR) is 99.2 cm³/mol. The molecule has 0 aromatic heterocycles. The van der Waals surface area contributed by atoms with Gasteiger partial charge in [-0.3, -0.25) is 4.79 Å². The lowest BCUT2D eigenvalue weighted by atomic mass is 10.2. The summed E-state index contributed by atoms with van der Waals surface area (Å²) in [5, 5.41) is 0. The van der Waals surface area contributed by atoms with Crippen molar-refractivity contribution in [1.82, 2.24) is 9.21 Å². The molecular weight excluding hydrogens is 368 g/mol. The third-order valence-corrected chi connectivity index (χ3v) is 6.26. The second-order valence-corrected chi connectivity index (χ2v) is 8.09. The number of Topliss-reactive ketones (excluding diaryl/α,β-unsaturated/α-hetero) is 1. The van der Waals surface area contributed by atoms with Crippen molar-refractivity contribution in [2.24, 2.45) is 0 Å². The molecule has 142 valence electrons. The summed E-state index contributed by atoms with van der Waals surface area (Å²) in [6.07, 6.45) is -0.496. The van der Waals surface area contributed by atoms with E-state index in [0.29, 0.717) is 11.3 Å². The molecule has 1 amide bonds. The van der Waals surface area contributed by atoms with Crippen molar-refractivity contribution in [3.63, 3.8) is 0 Å². The van der Waals surface area contributed by atoms with Crippen LogP contribution in [0.1, 0.15) is 17.3 Å². The number of nitrogens with zero attached hydrogens (tertiary/aromatic N) is 2. The van der Waals surface area contributed by atoms with Crippen LogP contribution in [0.15, 0.2) is 59.5 Å². The fourth-order valence-corrected chi connectivity index (χ4v) is 4.20. The largest absolute Gasteiger partial charge is 0.415 e. The maximum absolute atomic E-state index is 12.7. The number of carbonyl (C=O) groups excluding carboxylic acids is 2. The molecule has 0 unspecified atom stereocenters. The van der Waals surface area contributed by atoms with Gasteiger partial charge in [-0.25, -0.2) is 13.2 Å². The van der Waals surface area contributed by atoms with Crippen molar-refractivity contribution in [3.8, 4) is 5.75 Å². The molecule has 0 radical (unpaired) electrons. The van der Waals surface area contributed by atoms with E-state index in [-0.39, 0.29) is 36.9 Å². The van der Waals surface area contributed by atoms with Crippen molar-refractivity contribution in [2.75, 3.05) is 26.2 Å². The molecule has 0 atom stereocenters. The zero-order chi connectivity index (χ0) is 19.4. The van der Waals surface area contributed by atoms with Crippen LogP contribution in [0.25, 0.3) is 0 Å². The number of benzene rings is 2. The van der Waals surface area contributed by atoms with Gasteiger partial charge in [0.15, 0.2) is 5.78 Å². The van der Waals surface area contributed by atoms with Gasteiger partial charge >= 0.3 is 6.09 Å². The van der Waals surface area contributed by atoms with Crippen LogP contribution >= 0.6 is 0 Å². The first-order valence-electron chi connectivity index (χ1n) is 8.51. The Kier molecular flexibility index (Phi) is 5.57. The van der Waals surface area contributed by atoms with Crippen molar-refractivity contribution in [3.05, 3.63) is 60.2 Å². The number of ether oxygens (including phenoxy) is 1. The van der Waals surface area contributed by atoms with Gasteiger partial charge in [0.25, 0.3) is 0 Å². The van der Waals surface area contributed by atoms with E-state index in [1.54, 1.807) is 24.3 Å². The van der Waals surface area contributed by atoms with Crippen LogP contribution in [-0.2, 0) is 10.0 Å². The zero-order valence-corrected chi connectivity index (χ0v) is 15.7. The highest BCUT2D eigenvalue weighted by atomic mass is 32.2. The summed E-state index contributed by atoms with van der Waals surface area (Å²) in [5.41, 5.74) is 0.461. The molecule has 1 saturated heterocycles. The van der Waals surface area contributed by atoms with Crippen LogP contribution in [0.3, 0.4) is 0 Å². The summed E-state index contributed by atoms with van der Waals surface area (Å²) in [7, 11) is -3.67. The number of piperazine rings is 1. The molecule has 1 heterocycles. The van der Waals surface area contributed by atoms with E-state index in [1.807, 2.05) is 6.07 Å². The van der Waals surface area contributed by atoms with E-state index in [0.717, 1.165) is 0 Å². The van der Waals surface area contributed by atoms with Gasteiger partial charge in [0.05, 0.1) is 4.90 Å². The number of para-hydroxylation sites is 1. The minimum absolute atomic E-state index is 0.121. The molecule has 2 aromatic carbocycles. The van der Waals surface area contributed by atoms with Crippen LogP contribution < -0.4 is 4.74 Å². The Morgan fingerprint density at radius 3 is 2.04 bits per heavy atom. The van der Waals surface area contributed by atoms with E-state index in [1.165, 1.54) is 40.4 Å². The zero-order valence-electron chi connectivity index (χ0n) is 14.9. The van der Waals surface area contributed by atoms with Crippen molar-refractivity contribution < 1.29 is 22.7 Å². The van der Waals surface area contributed by atoms with Crippen molar-refractivity contribution in [1.29, 1.82) is 0 Å². The molecule has 3 rings (SSSR count). The molecule has 7 nitrogen and oxygen atoms in total. The fourth-order valence-electron chi connectivity index (χ4n) is 2.78. The van der Waals surface area contributed by atoms with Gasteiger partial charge in [0, 0.05) is 31.7 Å². The minimum atomic E-state index is -3.67. The van der Waals surface area contributed by atoms with Crippen molar-refractivity contribution in [2.45, 2.75) is 11.8 Å². The number of hydrogen-bond acceptors (Lipinski definition) is 5. The predicted octanol–water partition coefficient (Wildman–Crippen LogP) is 2.39. The number of ketones is 1. The monoisotopic (exact) mass is 388 g/mol. The van der Waals surface area contributed by atoms with E-state index >= 15 is 0 Å². The molecule has 1 aliphatic heterocycles. The van der Waals surface area contributed by atoms with Gasteiger partial charge in [-0.15, -0.1) is 0 Å². The van der Waals surface area contributed by atoms with Gasteiger partial charge in [0.1, 0.15) is 5.75 Å². The highest BCUT2D eigenvalue weighted by molar-refractivity contribution is 7.89. The average molecular weight is 388 g/mol. The quantitative estimate of drug-likeness (QED) is 0.751. The molecule has 0 bridgehead atoms. The molecule has 1 aliphatic rings. The van der Waals surface area contributed by atoms with Gasteiger partial charge in [-0.1, -0.05) is 30.3 Å². The first kappa shape index (κ1) is 19.1. The standard InChI is InChI=1S/C19H20N2O5S/c1-15(22)16-7-9-18(10-8-16)27(24,25)21-13-11-20(12-14-21)19(23)26-17-5-3-2-4-6-17/h2-10H,11-14H2,1H3. The van der Waals surface area contributed by atoms with Crippen molar-refractivity contribution >= 4 is 21.9 Å². The molecule has 0 spiro atoms. The SMILES string of the molecule is CC(=O)c1ccc(S(=O)(=O)N2CCN(C(=O)Oc3ccccc3)CC2)cc1. The van der Waals surface area contributed by atoms with Crippen LogP contribution in [-0.4, -0.2) is 55.7 Å². The summed E-state index contributed by atoms with van der Waals surface area (Å²) in [4.78, 5) is 25.1. The topological polar surface area (TPSA) is 84.0 Å². The fraction of sp³-hybridized carbons (Fsp3) is 0.263. The molecule has 1 fully saturated rings. The number of amides is 1. The third kappa shape index (κ3) is 4.35. The van der Waals surface area contributed by atoms with Gasteiger partial charge < -0.3 is 9.64 Å². The average Bonchev–Trinajstić information content (AvgIpc) is 2.69.